The number of ether oxygens (including phenoxy) is 1. The number of nitrogens with one attached hydrogen (secondary N) is 1. The third-order valence-corrected chi connectivity index (χ3v) is 2.73. The molecule has 0 radical (unpaired) electrons. The number of hydrogen-bond acceptors (Lipinski definition) is 3. The lowest BCUT2D eigenvalue weighted by molar-refractivity contribution is 0.185. The van der Waals surface area contributed by atoms with Crippen molar-refractivity contribution in [3.8, 4) is 6.07 Å². The van der Waals surface area contributed by atoms with Gasteiger partial charge < -0.3 is 10.1 Å². The highest BCUT2D eigenvalue weighted by Gasteiger charge is 2.04. The van der Waals surface area contributed by atoms with Gasteiger partial charge in [0.05, 0.1) is 19.1 Å². The zero-order chi connectivity index (χ0) is 12.5. The Labute approximate surface area is 103 Å². The molecule has 92 valence electrons. The van der Waals surface area contributed by atoms with E-state index in [1.165, 1.54) is 11.1 Å². The van der Waals surface area contributed by atoms with Crippen LogP contribution in [0, 0.1) is 11.3 Å². The van der Waals surface area contributed by atoms with Crippen LogP contribution in [0.5, 0.6) is 0 Å². The topological polar surface area (TPSA) is 45.0 Å². The van der Waals surface area contributed by atoms with Crippen LogP contribution in [0.25, 0.3) is 0 Å². The van der Waals surface area contributed by atoms with E-state index >= 15 is 0 Å². The summed E-state index contributed by atoms with van der Waals surface area (Å²) >= 11 is 0. The highest BCUT2D eigenvalue weighted by Crippen LogP contribution is 2.07. The Morgan fingerprint density at radius 3 is 2.82 bits per heavy atom. The highest BCUT2D eigenvalue weighted by molar-refractivity contribution is 5.22. The molecule has 0 aliphatic carbocycles. The van der Waals surface area contributed by atoms with E-state index in [9.17, 15) is 0 Å². The molecule has 3 heteroatoms. The summed E-state index contributed by atoms with van der Waals surface area (Å²) in [5.74, 6) is 0. The van der Waals surface area contributed by atoms with Crippen LogP contribution in [0.3, 0.4) is 0 Å². The second-order valence-electron chi connectivity index (χ2n) is 4.10. The summed E-state index contributed by atoms with van der Waals surface area (Å²) in [5, 5.41) is 12.1. The van der Waals surface area contributed by atoms with Gasteiger partial charge in [-0.25, -0.2) is 0 Å². The molecule has 0 saturated carbocycles. The molecule has 1 aromatic rings. The van der Waals surface area contributed by atoms with Crippen LogP contribution >= 0.6 is 0 Å². The lowest BCUT2D eigenvalue weighted by atomic mass is 10.1. The van der Waals surface area contributed by atoms with Crippen molar-refractivity contribution in [2.24, 2.45) is 0 Å². The summed E-state index contributed by atoms with van der Waals surface area (Å²) < 4.78 is 5.10. The van der Waals surface area contributed by atoms with Crippen LogP contribution < -0.4 is 5.32 Å². The van der Waals surface area contributed by atoms with E-state index < -0.39 is 0 Å². The van der Waals surface area contributed by atoms with Gasteiger partial charge in [0, 0.05) is 19.7 Å². The molecule has 0 saturated heterocycles. The van der Waals surface area contributed by atoms with Crippen LogP contribution in [-0.2, 0) is 17.9 Å². The number of methoxy groups -OCH3 is 1. The van der Waals surface area contributed by atoms with Gasteiger partial charge in [0.15, 0.2) is 0 Å². The predicted molar refractivity (Wildman–Crippen MR) is 68.3 cm³/mol. The van der Waals surface area contributed by atoms with Crippen molar-refractivity contribution in [1.29, 1.82) is 5.26 Å². The van der Waals surface area contributed by atoms with E-state index in [1.54, 1.807) is 7.11 Å². The van der Waals surface area contributed by atoms with E-state index in [1.807, 2.05) is 6.07 Å². The molecule has 0 bridgehead atoms. The van der Waals surface area contributed by atoms with E-state index in [4.69, 9.17) is 10.00 Å². The Hall–Kier alpha value is -1.37. The second-order valence-corrected chi connectivity index (χ2v) is 4.10. The van der Waals surface area contributed by atoms with Crippen LogP contribution in [0.1, 0.15) is 30.9 Å². The smallest absolute Gasteiger partial charge is 0.0713 e. The zero-order valence-corrected chi connectivity index (χ0v) is 10.6. The maximum absolute atomic E-state index is 8.67. The molecule has 17 heavy (non-hydrogen) atoms. The fraction of sp³-hybridized carbons (Fsp3) is 0.500. The van der Waals surface area contributed by atoms with Crippen molar-refractivity contribution in [1.82, 2.24) is 5.32 Å². The normalized spacial score (nSPS) is 12.1. The first-order chi connectivity index (χ1) is 8.30. The quantitative estimate of drug-likeness (QED) is 0.786. The molecule has 0 heterocycles. The number of nitriles is 1. The van der Waals surface area contributed by atoms with Gasteiger partial charge >= 0.3 is 0 Å². The van der Waals surface area contributed by atoms with Crippen molar-refractivity contribution in [2.45, 2.75) is 39.0 Å². The summed E-state index contributed by atoms with van der Waals surface area (Å²) in [6, 6.07) is 10.8. The average molecular weight is 232 g/mol. The van der Waals surface area contributed by atoms with E-state index in [0.29, 0.717) is 13.0 Å². The maximum atomic E-state index is 8.67. The van der Waals surface area contributed by atoms with E-state index in [0.717, 1.165) is 13.0 Å². The van der Waals surface area contributed by atoms with Gasteiger partial charge in [-0.05, 0) is 17.5 Å². The van der Waals surface area contributed by atoms with Crippen molar-refractivity contribution < 1.29 is 4.74 Å². The van der Waals surface area contributed by atoms with Crippen molar-refractivity contribution in [3.05, 3.63) is 35.4 Å². The standard InChI is InChI=1S/C14H20N2O/c1-3-14(7-8-15)16-10-12-5-4-6-13(9-12)11-17-2/h4-6,9,14,16H,3,7,10-11H2,1-2H3. The predicted octanol–water partition coefficient (Wildman–Crippen LogP) is 2.61. The molecule has 1 aromatic carbocycles. The van der Waals surface area contributed by atoms with Gasteiger partial charge in [-0.2, -0.15) is 5.26 Å². The summed E-state index contributed by atoms with van der Waals surface area (Å²) in [7, 11) is 1.70. The first kappa shape index (κ1) is 13.7. The third kappa shape index (κ3) is 4.99. The number of rotatable bonds is 7. The Morgan fingerprint density at radius 2 is 2.18 bits per heavy atom. The molecule has 1 unspecified atom stereocenters. The Morgan fingerprint density at radius 1 is 1.41 bits per heavy atom. The molecule has 1 atom stereocenters. The van der Waals surface area contributed by atoms with Gasteiger partial charge in [-0.3, -0.25) is 0 Å². The van der Waals surface area contributed by atoms with Crippen molar-refractivity contribution in [3.63, 3.8) is 0 Å². The molecule has 0 aliphatic heterocycles. The summed E-state index contributed by atoms with van der Waals surface area (Å²) in [6.07, 6.45) is 1.54. The number of hydrogen-bond donors (Lipinski definition) is 1. The monoisotopic (exact) mass is 232 g/mol. The van der Waals surface area contributed by atoms with Crippen LogP contribution in [0.4, 0.5) is 0 Å². The van der Waals surface area contributed by atoms with Crippen LogP contribution in [0.15, 0.2) is 24.3 Å². The molecule has 0 spiro atoms. The summed E-state index contributed by atoms with van der Waals surface area (Å²) in [5.41, 5.74) is 2.41. The lowest BCUT2D eigenvalue weighted by Gasteiger charge is -2.13. The third-order valence-electron chi connectivity index (χ3n) is 2.73. The van der Waals surface area contributed by atoms with Gasteiger partial charge in [0.25, 0.3) is 0 Å². The van der Waals surface area contributed by atoms with E-state index in [-0.39, 0.29) is 6.04 Å². The fourth-order valence-corrected chi connectivity index (χ4v) is 1.73. The SMILES string of the molecule is CCC(CC#N)NCc1cccc(COC)c1. The minimum atomic E-state index is 0.283. The minimum absolute atomic E-state index is 0.283. The fourth-order valence-electron chi connectivity index (χ4n) is 1.73. The first-order valence-corrected chi connectivity index (χ1v) is 5.97. The van der Waals surface area contributed by atoms with Crippen LogP contribution in [0.2, 0.25) is 0 Å². The average Bonchev–Trinajstić information content (AvgIpc) is 2.35. The second kappa shape index (κ2) is 7.83. The molecule has 0 aromatic heterocycles. The summed E-state index contributed by atoms with van der Waals surface area (Å²) in [6.45, 7) is 3.54. The molecule has 0 aliphatic rings. The van der Waals surface area contributed by atoms with Gasteiger partial charge in [0.2, 0.25) is 0 Å². The number of nitrogens with zero attached hydrogens (tertiary/aromatic N) is 1. The first-order valence-electron chi connectivity index (χ1n) is 5.97. The lowest BCUT2D eigenvalue weighted by Crippen LogP contribution is -2.27. The zero-order valence-electron chi connectivity index (χ0n) is 10.6. The van der Waals surface area contributed by atoms with Crippen molar-refractivity contribution in [2.75, 3.05) is 7.11 Å². The Bertz CT molecular complexity index is 371. The Kier molecular flexibility index (Phi) is 6.31. The molecule has 1 rings (SSSR count). The Balaban J connectivity index is 2.50. The van der Waals surface area contributed by atoms with Gasteiger partial charge in [0.1, 0.15) is 0 Å². The molecular formula is C14H20N2O. The maximum Gasteiger partial charge on any atom is 0.0713 e. The molecular weight excluding hydrogens is 212 g/mol. The molecule has 0 amide bonds. The molecule has 0 fully saturated rings. The summed E-state index contributed by atoms with van der Waals surface area (Å²) in [4.78, 5) is 0. The molecule has 3 nitrogen and oxygen atoms in total. The van der Waals surface area contributed by atoms with Crippen LogP contribution in [-0.4, -0.2) is 13.2 Å². The highest BCUT2D eigenvalue weighted by atomic mass is 16.5. The van der Waals surface area contributed by atoms with Gasteiger partial charge in [-0.15, -0.1) is 0 Å². The largest absolute Gasteiger partial charge is 0.380 e. The molecule has 1 N–H and O–H groups in total. The minimum Gasteiger partial charge on any atom is -0.380 e. The van der Waals surface area contributed by atoms with Gasteiger partial charge in [-0.1, -0.05) is 31.2 Å². The van der Waals surface area contributed by atoms with Crippen molar-refractivity contribution >= 4 is 0 Å². The van der Waals surface area contributed by atoms with E-state index in [2.05, 4.69) is 36.5 Å². The number of benzene rings is 1.